The summed E-state index contributed by atoms with van der Waals surface area (Å²) in [6.07, 6.45) is 4.47. The standard InChI is InChI=1S/C18H25FN2O3S/c1-12-5-6-15(14(19)11-12)25(22,23)20-16-13-7-10-24-18(13)17(16)21-8-3-2-4-9-21/h5-6,11,13,16-18,20H,2-4,7-10H2,1H3/t13-,16+,17-,18-/m1/s1. The molecule has 7 heteroatoms. The average molecular weight is 368 g/mol. The Morgan fingerprint density at radius 2 is 2.00 bits per heavy atom. The minimum Gasteiger partial charge on any atom is -0.376 e. The van der Waals surface area contributed by atoms with E-state index in [1.165, 1.54) is 18.6 Å². The van der Waals surface area contributed by atoms with E-state index in [9.17, 15) is 12.8 Å². The van der Waals surface area contributed by atoms with Crippen molar-refractivity contribution in [1.82, 2.24) is 9.62 Å². The lowest BCUT2D eigenvalue weighted by atomic mass is 9.71. The summed E-state index contributed by atoms with van der Waals surface area (Å²) in [5.74, 6) is -0.504. The number of halogens is 1. The molecule has 3 fully saturated rings. The molecule has 0 amide bonds. The topological polar surface area (TPSA) is 58.6 Å². The maximum atomic E-state index is 14.2. The molecule has 3 aliphatic rings. The summed E-state index contributed by atoms with van der Waals surface area (Å²) in [6.45, 7) is 4.38. The molecule has 25 heavy (non-hydrogen) atoms. The third-order valence-corrected chi connectivity index (χ3v) is 7.32. The number of nitrogens with zero attached hydrogens (tertiary/aromatic N) is 1. The lowest BCUT2D eigenvalue weighted by Crippen LogP contribution is -2.71. The van der Waals surface area contributed by atoms with Gasteiger partial charge in [-0.15, -0.1) is 0 Å². The average Bonchev–Trinajstić information content (AvgIpc) is 2.97. The zero-order chi connectivity index (χ0) is 17.6. The molecule has 0 radical (unpaired) electrons. The first kappa shape index (κ1) is 17.4. The summed E-state index contributed by atoms with van der Waals surface area (Å²) in [6, 6.07) is 4.11. The minimum atomic E-state index is -3.89. The maximum absolute atomic E-state index is 14.2. The molecule has 138 valence electrons. The smallest absolute Gasteiger partial charge is 0.243 e. The lowest BCUT2D eigenvalue weighted by molar-refractivity contribution is -0.0830. The van der Waals surface area contributed by atoms with Gasteiger partial charge >= 0.3 is 0 Å². The third kappa shape index (κ3) is 3.12. The molecule has 4 rings (SSSR count). The molecule has 4 atom stereocenters. The highest BCUT2D eigenvalue weighted by Gasteiger charge is 2.57. The molecule has 2 heterocycles. The Morgan fingerprint density at radius 3 is 2.72 bits per heavy atom. The second kappa shape index (κ2) is 6.61. The molecular formula is C18H25FN2O3S. The fourth-order valence-electron chi connectivity index (χ4n) is 4.55. The van der Waals surface area contributed by atoms with Gasteiger partial charge in [0.2, 0.25) is 10.0 Å². The van der Waals surface area contributed by atoms with E-state index in [-0.39, 0.29) is 29.0 Å². The Labute approximate surface area is 148 Å². The van der Waals surface area contributed by atoms with Crippen LogP contribution in [0, 0.1) is 18.7 Å². The van der Waals surface area contributed by atoms with Crippen molar-refractivity contribution in [1.29, 1.82) is 0 Å². The number of aryl methyl sites for hydroxylation is 1. The number of sulfonamides is 1. The summed E-state index contributed by atoms with van der Waals surface area (Å²) < 4.78 is 48.4. The fraction of sp³-hybridized carbons (Fsp3) is 0.667. The van der Waals surface area contributed by atoms with Crippen LogP contribution in [0.15, 0.2) is 23.1 Å². The Hall–Kier alpha value is -1.02. The molecule has 1 N–H and O–H groups in total. The summed E-state index contributed by atoms with van der Waals surface area (Å²) in [4.78, 5) is 2.09. The Balaban J connectivity index is 1.57. The Bertz CT molecular complexity index is 749. The first-order valence-electron chi connectivity index (χ1n) is 9.11. The summed E-state index contributed by atoms with van der Waals surface area (Å²) >= 11 is 0. The molecule has 1 aromatic carbocycles. The number of hydrogen-bond donors (Lipinski definition) is 1. The van der Waals surface area contributed by atoms with E-state index in [2.05, 4.69) is 9.62 Å². The SMILES string of the molecule is Cc1ccc(S(=O)(=O)N[C@H]2[C@H]3CCO[C@H]3[C@@H]2N2CCCCC2)c(F)c1. The first-order valence-corrected chi connectivity index (χ1v) is 10.6. The van der Waals surface area contributed by atoms with Crippen molar-refractivity contribution in [3.8, 4) is 0 Å². The van der Waals surface area contributed by atoms with Crippen LogP contribution in [-0.2, 0) is 14.8 Å². The van der Waals surface area contributed by atoms with Gasteiger partial charge in [-0.3, -0.25) is 4.90 Å². The van der Waals surface area contributed by atoms with Gasteiger partial charge in [-0.2, -0.15) is 0 Å². The highest BCUT2D eigenvalue weighted by atomic mass is 32.2. The van der Waals surface area contributed by atoms with Crippen molar-refractivity contribution in [2.45, 2.75) is 55.7 Å². The van der Waals surface area contributed by atoms with Crippen molar-refractivity contribution in [3.63, 3.8) is 0 Å². The van der Waals surface area contributed by atoms with Crippen LogP contribution >= 0.6 is 0 Å². The first-order chi connectivity index (χ1) is 12.0. The summed E-state index contributed by atoms with van der Waals surface area (Å²) in [5.41, 5.74) is 0.704. The molecule has 1 saturated carbocycles. The molecule has 2 saturated heterocycles. The zero-order valence-corrected chi connectivity index (χ0v) is 15.3. The molecule has 1 aromatic rings. The number of rotatable bonds is 4. The fourth-order valence-corrected chi connectivity index (χ4v) is 5.91. The monoisotopic (exact) mass is 368 g/mol. The van der Waals surface area contributed by atoms with Gasteiger partial charge in [0.1, 0.15) is 10.7 Å². The van der Waals surface area contributed by atoms with E-state index < -0.39 is 15.8 Å². The second-order valence-corrected chi connectivity index (χ2v) is 9.14. The zero-order valence-electron chi connectivity index (χ0n) is 14.4. The number of nitrogens with one attached hydrogen (secondary N) is 1. The van der Waals surface area contributed by atoms with Gasteiger partial charge in [-0.25, -0.2) is 17.5 Å². The van der Waals surface area contributed by atoms with Crippen molar-refractivity contribution >= 4 is 10.0 Å². The molecular weight excluding hydrogens is 343 g/mol. The van der Waals surface area contributed by atoms with Gasteiger partial charge in [-0.1, -0.05) is 12.5 Å². The Morgan fingerprint density at radius 1 is 1.24 bits per heavy atom. The van der Waals surface area contributed by atoms with E-state index in [0.717, 1.165) is 32.4 Å². The van der Waals surface area contributed by atoms with Crippen LogP contribution in [0.4, 0.5) is 4.39 Å². The molecule has 0 bridgehead atoms. The van der Waals surface area contributed by atoms with Gasteiger partial charge in [-0.05, 0) is 57.0 Å². The number of piperidine rings is 1. The van der Waals surface area contributed by atoms with Crippen LogP contribution in [0.3, 0.4) is 0 Å². The minimum absolute atomic E-state index is 0.0658. The lowest BCUT2D eigenvalue weighted by Gasteiger charge is -2.53. The van der Waals surface area contributed by atoms with Crippen molar-refractivity contribution < 1.29 is 17.5 Å². The van der Waals surface area contributed by atoms with Gasteiger partial charge in [0.15, 0.2) is 0 Å². The van der Waals surface area contributed by atoms with Crippen molar-refractivity contribution in [3.05, 3.63) is 29.6 Å². The molecule has 5 nitrogen and oxygen atoms in total. The number of ether oxygens (including phenoxy) is 1. The van der Waals surface area contributed by atoms with Crippen molar-refractivity contribution in [2.75, 3.05) is 19.7 Å². The van der Waals surface area contributed by atoms with E-state index in [4.69, 9.17) is 4.74 Å². The van der Waals surface area contributed by atoms with Crippen LogP contribution in [0.5, 0.6) is 0 Å². The number of likely N-dealkylation sites (tertiary alicyclic amines) is 1. The molecule has 2 aliphatic heterocycles. The quantitative estimate of drug-likeness (QED) is 0.884. The van der Waals surface area contributed by atoms with Crippen LogP contribution < -0.4 is 4.72 Å². The van der Waals surface area contributed by atoms with Gasteiger partial charge < -0.3 is 4.74 Å². The summed E-state index contributed by atoms with van der Waals surface area (Å²) in [5, 5.41) is 0. The van der Waals surface area contributed by atoms with Crippen LogP contribution in [0.2, 0.25) is 0 Å². The predicted octanol–water partition coefficient (Wildman–Crippen LogP) is 2.05. The van der Waals surface area contributed by atoms with Gasteiger partial charge in [0.25, 0.3) is 0 Å². The van der Waals surface area contributed by atoms with E-state index in [1.807, 2.05) is 0 Å². The highest BCUT2D eigenvalue weighted by molar-refractivity contribution is 7.89. The van der Waals surface area contributed by atoms with Gasteiger partial charge in [0, 0.05) is 18.6 Å². The largest absolute Gasteiger partial charge is 0.376 e. The number of benzene rings is 1. The van der Waals surface area contributed by atoms with Crippen LogP contribution in [0.25, 0.3) is 0 Å². The summed E-state index contributed by atoms with van der Waals surface area (Å²) in [7, 11) is -3.89. The van der Waals surface area contributed by atoms with E-state index in [1.54, 1.807) is 13.0 Å². The maximum Gasteiger partial charge on any atom is 0.243 e. The van der Waals surface area contributed by atoms with Crippen LogP contribution in [0.1, 0.15) is 31.2 Å². The van der Waals surface area contributed by atoms with Crippen LogP contribution in [-0.4, -0.2) is 51.2 Å². The third-order valence-electron chi connectivity index (χ3n) is 5.83. The molecule has 0 spiro atoms. The second-order valence-electron chi connectivity index (χ2n) is 7.46. The number of hydrogen-bond acceptors (Lipinski definition) is 4. The van der Waals surface area contributed by atoms with E-state index >= 15 is 0 Å². The molecule has 1 aliphatic carbocycles. The van der Waals surface area contributed by atoms with Crippen molar-refractivity contribution in [2.24, 2.45) is 5.92 Å². The highest BCUT2D eigenvalue weighted by Crippen LogP contribution is 2.43. The normalized spacial score (nSPS) is 33.0. The predicted molar refractivity (Wildman–Crippen MR) is 92.3 cm³/mol. The number of fused-ring (bicyclic) bond motifs is 1. The van der Waals surface area contributed by atoms with E-state index in [0.29, 0.717) is 12.2 Å². The van der Waals surface area contributed by atoms with Gasteiger partial charge in [0.05, 0.1) is 12.1 Å². The molecule has 0 aromatic heterocycles. The molecule has 0 unspecified atom stereocenters. The Kier molecular flexibility index (Phi) is 4.60.